The first-order chi connectivity index (χ1) is 16.8. The van der Waals surface area contributed by atoms with Gasteiger partial charge in [0.2, 0.25) is 11.8 Å². The Hall–Kier alpha value is -3.79. The molecule has 4 aromatic rings. The monoisotopic (exact) mass is 492 g/mol. The Morgan fingerprint density at radius 1 is 1.11 bits per heavy atom. The summed E-state index contributed by atoms with van der Waals surface area (Å²) in [4.78, 5) is 27.7. The summed E-state index contributed by atoms with van der Waals surface area (Å²) in [6, 6.07) is 10.7. The van der Waals surface area contributed by atoms with Crippen LogP contribution in [0.5, 0.6) is 5.88 Å². The third-order valence-corrected chi connectivity index (χ3v) is 7.37. The Balaban J connectivity index is 1.29. The molecule has 0 saturated carbocycles. The summed E-state index contributed by atoms with van der Waals surface area (Å²) in [5.74, 6) is 7.91. The van der Waals surface area contributed by atoms with Crippen LogP contribution in [0.4, 0.5) is 4.39 Å². The van der Waals surface area contributed by atoms with Crippen molar-refractivity contribution >= 4 is 37.9 Å². The van der Waals surface area contributed by atoms with Gasteiger partial charge in [-0.1, -0.05) is 11.7 Å². The number of piperidine rings is 1. The molecule has 1 aliphatic heterocycles. The summed E-state index contributed by atoms with van der Waals surface area (Å²) in [6.45, 7) is 1.01. The maximum absolute atomic E-state index is 13.4. The second-order valence-electron chi connectivity index (χ2n) is 8.72. The Bertz CT molecular complexity index is 1490. The highest BCUT2D eigenvalue weighted by Crippen LogP contribution is 2.30. The second kappa shape index (κ2) is 9.10. The minimum Gasteiger partial charge on any atom is -0.474 e. The van der Waals surface area contributed by atoms with E-state index in [1.165, 1.54) is 18.6 Å². The summed E-state index contributed by atoms with van der Waals surface area (Å²) in [6.07, 6.45) is 7.68. The molecule has 180 valence electrons. The Morgan fingerprint density at radius 2 is 1.86 bits per heavy atom. The standard InChI is InChI=1S/C25H25FN6O2S/c1-35(2,3)20-6-4-18(5-7-20)32-23-21(15-30-32)24(29-16-28-23)34-19-9-12-31(13-10-19)25(33)17-8-11-27-22(26)14-17/h4-8,11,14-16,19H,1-2,9-10,12-13H2,3H3. The molecule has 0 spiro atoms. The first-order valence-electron chi connectivity index (χ1n) is 11.1. The molecule has 0 N–H and O–H groups in total. The molecule has 0 aliphatic carbocycles. The van der Waals surface area contributed by atoms with E-state index in [4.69, 9.17) is 4.74 Å². The second-order valence-corrected chi connectivity index (χ2v) is 11.7. The average molecular weight is 493 g/mol. The summed E-state index contributed by atoms with van der Waals surface area (Å²) in [5.41, 5.74) is 1.82. The number of carbonyl (C=O) groups is 1. The third-order valence-electron chi connectivity index (χ3n) is 5.96. The van der Waals surface area contributed by atoms with Gasteiger partial charge in [0.25, 0.3) is 5.91 Å². The van der Waals surface area contributed by atoms with Crippen molar-refractivity contribution in [1.82, 2.24) is 29.6 Å². The summed E-state index contributed by atoms with van der Waals surface area (Å²) < 4.78 is 21.3. The summed E-state index contributed by atoms with van der Waals surface area (Å²) in [7, 11) is -1.30. The molecule has 1 fully saturated rings. The smallest absolute Gasteiger partial charge is 0.254 e. The number of halogens is 1. The molecule has 4 heterocycles. The maximum Gasteiger partial charge on any atom is 0.254 e. The lowest BCUT2D eigenvalue weighted by atomic mass is 10.1. The number of carbonyl (C=O) groups excluding carboxylic acids is 1. The number of hydrogen-bond acceptors (Lipinski definition) is 6. The van der Waals surface area contributed by atoms with Crippen LogP contribution in [0, 0.1) is 5.95 Å². The molecule has 10 heteroatoms. The molecule has 0 bridgehead atoms. The zero-order chi connectivity index (χ0) is 24.6. The molecule has 8 nitrogen and oxygen atoms in total. The van der Waals surface area contributed by atoms with Crippen molar-refractivity contribution in [1.29, 1.82) is 0 Å². The average Bonchev–Trinajstić information content (AvgIpc) is 3.29. The van der Waals surface area contributed by atoms with Gasteiger partial charge in [0.15, 0.2) is 5.65 Å². The van der Waals surface area contributed by atoms with E-state index in [1.54, 1.807) is 15.8 Å². The van der Waals surface area contributed by atoms with E-state index in [0.29, 0.717) is 48.4 Å². The fourth-order valence-corrected chi connectivity index (χ4v) is 4.87. The van der Waals surface area contributed by atoms with Crippen LogP contribution < -0.4 is 4.74 Å². The van der Waals surface area contributed by atoms with Crippen molar-refractivity contribution in [2.75, 3.05) is 19.3 Å². The third kappa shape index (κ3) is 4.74. The van der Waals surface area contributed by atoms with E-state index < -0.39 is 15.2 Å². The fraction of sp³-hybridized carbons (Fsp3) is 0.240. The van der Waals surface area contributed by atoms with Gasteiger partial charge in [0.05, 0.1) is 11.9 Å². The number of hydrogen-bond donors (Lipinski definition) is 0. The number of aromatic nitrogens is 5. The van der Waals surface area contributed by atoms with Crippen molar-refractivity contribution in [2.45, 2.75) is 23.8 Å². The van der Waals surface area contributed by atoms with Gasteiger partial charge in [-0.15, -0.1) is 0 Å². The molecule has 1 saturated heterocycles. The molecule has 0 unspecified atom stereocenters. The van der Waals surface area contributed by atoms with Crippen molar-refractivity contribution in [3.63, 3.8) is 0 Å². The van der Waals surface area contributed by atoms with Crippen LogP contribution >= 0.6 is 9.21 Å². The quantitative estimate of drug-likeness (QED) is 0.312. The number of ether oxygens (including phenoxy) is 1. The van der Waals surface area contributed by atoms with Crippen molar-refractivity contribution in [3.05, 3.63) is 66.6 Å². The lowest BCUT2D eigenvalue weighted by Gasteiger charge is -2.32. The lowest BCUT2D eigenvalue weighted by molar-refractivity contribution is 0.0590. The maximum atomic E-state index is 13.4. The van der Waals surface area contributed by atoms with Crippen LogP contribution in [-0.2, 0) is 0 Å². The molecule has 3 aromatic heterocycles. The minimum atomic E-state index is -1.30. The highest BCUT2D eigenvalue weighted by atomic mass is 32.2. The molecule has 1 aromatic carbocycles. The van der Waals surface area contributed by atoms with Gasteiger partial charge in [-0.3, -0.25) is 4.79 Å². The van der Waals surface area contributed by atoms with E-state index >= 15 is 0 Å². The molecule has 0 atom stereocenters. The zero-order valence-electron chi connectivity index (χ0n) is 19.3. The van der Waals surface area contributed by atoms with Gasteiger partial charge < -0.3 is 9.64 Å². The zero-order valence-corrected chi connectivity index (χ0v) is 20.1. The molecular formula is C25H25FN6O2S. The van der Waals surface area contributed by atoms with Gasteiger partial charge >= 0.3 is 0 Å². The first-order valence-corrected chi connectivity index (χ1v) is 13.5. The van der Waals surface area contributed by atoms with Gasteiger partial charge in [0, 0.05) is 43.8 Å². The largest absolute Gasteiger partial charge is 0.474 e. The highest BCUT2D eigenvalue weighted by Gasteiger charge is 2.26. The van der Waals surface area contributed by atoms with Crippen molar-refractivity contribution in [3.8, 4) is 11.6 Å². The number of amides is 1. The molecule has 1 aliphatic rings. The van der Waals surface area contributed by atoms with Crippen LogP contribution in [0.1, 0.15) is 23.2 Å². The van der Waals surface area contributed by atoms with E-state index in [-0.39, 0.29) is 12.0 Å². The van der Waals surface area contributed by atoms with Gasteiger partial charge in [0.1, 0.15) is 17.8 Å². The molecule has 35 heavy (non-hydrogen) atoms. The number of pyridine rings is 1. The van der Waals surface area contributed by atoms with Crippen LogP contribution in [0.15, 0.2) is 60.0 Å². The molecule has 5 rings (SSSR count). The van der Waals surface area contributed by atoms with Gasteiger partial charge in [-0.05, 0) is 41.5 Å². The number of fused-ring (bicyclic) bond motifs is 1. The normalized spacial score (nSPS) is 14.9. The Kier molecular flexibility index (Phi) is 5.98. The first kappa shape index (κ1) is 23.0. The summed E-state index contributed by atoms with van der Waals surface area (Å²) in [5, 5.41) is 5.22. The Morgan fingerprint density at radius 3 is 2.54 bits per heavy atom. The van der Waals surface area contributed by atoms with E-state index in [9.17, 15) is 9.18 Å². The molecular weight excluding hydrogens is 467 g/mol. The van der Waals surface area contributed by atoms with Crippen LogP contribution in [0.3, 0.4) is 0 Å². The number of nitrogens with zero attached hydrogens (tertiary/aromatic N) is 6. The predicted molar refractivity (Wildman–Crippen MR) is 136 cm³/mol. The number of benzene rings is 1. The SMILES string of the molecule is C=S(=C)(C)c1ccc(-n2ncc3c(OC4CCN(C(=O)c5ccnc(F)c5)CC4)ncnc32)cc1. The van der Waals surface area contributed by atoms with E-state index in [2.05, 4.69) is 31.8 Å². The number of rotatable bonds is 5. The number of likely N-dealkylation sites (tertiary alicyclic amines) is 1. The Labute approximate surface area is 202 Å². The van der Waals surface area contributed by atoms with Crippen molar-refractivity contribution < 1.29 is 13.9 Å². The molecule has 1 amide bonds. The summed E-state index contributed by atoms with van der Waals surface area (Å²) >= 11 is 0. The van der Waals surface area contributed by atoms with E-state index in [0.717, 1.165) is 16.6 Å². The van der Waals surface area contributed by atoms with Gasteiger partial charge in [-0.2, -0.15) is 18.7 Å². The molecule has 0 radical (unpaired) electrons. The van der Waals surface area contributed by atoms with Crippen molar-refractivity contribution in [2.24, 2.45) is 0 Å². The lowest BCUT2D eigenvalue weighted by Crippen LogP contribution is -2.41. The minimum absolute atomic E-state index is 0.108. The van der Waals surface area contributed by atoms with E-state index in [1.807, 2.05) is 30.5 Å². The van der Waals surface area contributed by atoms with Crippen LogP contribution in [-0.4, -0.2) is 72.7 Å². The fourth-order valence-electron chi connectivity index (χ4n) is 4.07. The predicted octanol–water partition coefficient (Wildman–Crippen LogP) is 3.69. The van der Waals surface area contributed by atoms with Gasteiger partial charge in [-0.25, -0.2) is 19.6 Å². The highest BCUT2D eigenvalue weighted by molar-refractivity contribution is 8.27. The van der Waals surface area contributed by atoms with Crippen LogP contribution in [0.25, 0.3) is 16.7 Å². The topological polar surface area (TPSA) is 86.0 Å². The van der Waals surface area contributed by atoms with Crippen LogP contribution in [0.2, 0.25) is 0 Å².